The topological polar surface area (TPSA) is 12.0 Å². The average molecular weight is 280 g/mol. The molecule has 2 atom stereocenters. The molecule has 2 unspecified atom stereocenters. The third-order valence-electron chi connectivity index (χ3n) is 5.94. The van der Waals surface area contributed by atoms with E-state index in [1.165, 1.54) is 57.9 Å². The Morgan fingerprint density at radius 3 is 2.30 bits per heavy atom. The Balaban J connectivity index is 1.87. The maximum atomic E-state index is 4.00. The van der Waals surface area contributed by atoms with E-state index in [0.717, 1.165) is 17.9 Å². The van der Waals surface area contributed by atoms with Crippen LogP contribution in [0.5, 0.6) is 0 Å². The lowest BCUT2D eigenvalue weighted by atomic mass is 9.70. The lowest BCUT2D eigenvalue weighted by molar-refractivity contribution is 0.130. The minimum Gasteiger partial charge on any atom is -0.313 e. The van der Waals surface area contributed by atoms with Gasteiger partial charge in [0.2, 0.25) is 0 Å². The van der Waals surface area contributed by atoms with Crippen molar-refractivity contribution in [3.8, 4) is 0 Å². The first-order valence-electron chi connectivity index (χ1n) is 9.05. The first kappa shape index (κ1) is 16.3. The van der Waals surface area contributed by atoms with Crippen molar-refractivity contribution < 1.29 is 0 Å². The number of nitrogens with one attached hydrogen (secondary N) is 1. The van der Waals surface area contributed by atoms with Crippen LogP contribution in [0, 0.1) is 22.7 Å². The summed E-state index contributed by atoms with van der Waals surface area (Å²) in [6.45, 7) is 13.4. The maximum Gasteiger partial charge on any atom is 0.00933 e. The highest BCUT2D eigenvalue weighted by atomic mass is 14.9. The molecule has 0 aromatic carbocycles. The highest BCUT2D eigenvalue weighted by Gasteiger charge is 2.37. The summed E-state index contributed by atoms with van der Waals surface area (Å²) in [6.07, 6.45) is 11.4. The number of rotatable bonds is 5. The molecule has 2 rings (SSSR count). The van der Waals surface area contributed by atoms with Crippen LogP contribution in [0.25, 0.3) is 0 Å². The molecule has 0 bridgehead atoms. The predicted molar refractivity (Wildman–Crippen MR) is 88.9 cm³/mol. The van der Waals surface area contributed by atoms with E-state index in [1.54, 1.807) is 0 Å². The normalized spacial score (nSPS) is 32.7. The van der Waals surface area contributed by atoms with E-state index < -0.39 is 0 Å². The number of hydrogen-bond donors (Lipinski definition) is 1. The maximum absolute atomic E-state index is 4.00. The molecule has 1 N–H and O–H groups in total. The smallest absolute Gasteiger partial charge is 0.00933 e. The van der Waals surface area contributed by atoms with Gasteiger partial charge in [-0.1, -0.05) is 47.5 Å². The molecule has 2 aliphatic carbocycles. The van der Waals surface area contributed by atoms with Crippen LogP contribution in [0.3, 0.4) is 0 Å². The van der Waals surface area contributed by atoms with Crippen molar-refractivity contribution >= 4 is 0 Å². The van der Waals surface area contributed by atoms with Crippen LogP contribution >= 0.6 is 0 Å². The highest BCUT2D eigenvalue weighted by Crippen LogP contribution is 2.44. The highest BCUT2D eigenvalue weighted by molar-refractivity contribution is 4.92. The van der Waals surface area contributed by atoms with Crippen LogP contribution in [-0.4, -0.2) is 12.6 Å². The molecule has 118 valence electrons. The Kier molecular flexibility index (Phi) is 5.21. The zero-order valence-electron chi connectivity index (χ0n) is 14.6. The molecule has 0 saturated heterocycles. The molecular formula is C19H37N. The van der Waals surface area contributed by atoms with Crippen LogP contribution < -0.4 is 5.32 Å². The molecule has 1 heteroatoms. The van der Waals surface area contributed by atoms with Crippen LogP contribution in [-0.2, 0) is 0 Å². The van der Waals surface area contributed by atoms with E-state index in [4.69, 9.17) is 0 Å². The van der Waals surface area contributed by atoms with Crippen molar-refractivity contribution in [1.82, 2.24) is 5.32 Å². The summed E-state index contributed by atoms with van der Waals surface area (Å²) in [7, 11) is 0. The molecule has 2 fully saturated rings. The van der Waals surface area contributed by atoms with Gasteiger partial charge in [-0.25, -0.2) is 0 Å². The molecule has 2 saturated carbocycles. The second-order valence-electron chi connectivity index (χ2n) is 9.18. The zero-order chi connectivity index (χ0) is 14.8. The molecule has 0 aliphatic heterocycles. The average Bonchev–Trinajstić information content (AvgIpc) is 2.75. The fraction of sp³-hybridized carbons (Fsp3) is 1.00. The molecule has 0 radical (unpaired) electrons. The fourth-order valence-electron chi connectivity index (χ4n) is 5.04. The summed E-state index contributed by atoms with van der Waals surface area (Å²) in [5.41, 5.74) is 1.20. The van der Waals surface area contributed by atoms with Crippen LogP contribution in [0.4, 0.5) is 0 Å². The van der Waals surface area contributed by atoms with Gasteiger partial charge in [0.15, 0.2) is 0 Å². The molecule has 0 aromatic rings. The van der Waals surface area contributed by atoms with Gasteiger partial charge in [-0.05, 0) is 61.2 Å². The van der Waals surface area contributed by atoms with Gasteiger partial charge in [-0.3, -0.25) is 0 Å². The Morgan fingerprint density at radius 1 is 1.10 bits per heavy atom. The summed E-state index contributed by atoms with van der Waals surface area (Å²) in [5, 5.41) is 4.00. The van der Waals surface area contributed by atoms with E-state index in [1.807, 2.05) is 0 Å². The molecule has 20 heavy (non-hydrogen) atoms. The van der Waals surface area contributed by atoms with Gasteiger partial charge in [0, 0.05) is 12.6 Å². The van der Waals surface area contributed by atoms with Gasteiger partial charge in [0.05, 0.1) is 0 Å². The van der Waals surface area contributed by atoms with Crippen molar-refractivity contribution in [3.05, 3.63) is 0 Å². The molecule has 0 spiro atoms. The van der Waals surface area contributed by atoms with Gasteiger partial charge in [0.25, 0.3) is 0 Å². The predicted octanol–water partition coefficient (Wildman–Crippen LogP) is 5.40. The Labute approximate surface area is 127 Å². The van der Waals surface area contributed by atoms with E-state index in [0.29, 0.717) is 10.8 Å². The minimum atomic E-state index is 0.570. The summed E-state index contributed by atoms with van der Waals surface area (Å²) < 4.78 is 0. The summed E-state index contributed by atoms with van der Waals surface area (Å²) in [5.74, 6) is 1.69. The first-order chi connectivity index (χ1) is 9.32. The van der Waals surface area contributed by atoms with Crippen molar-refractivity contribution in [1.29, 1.82) is 0 Å². The third kappa shape index (κ3) is 4.23. The standard InChI is InChI=1S/C19H37N/c1-15(2)12-19(9-6-7-10-19)14-20-17-8-11-18(4,5)13-16(17)3/h15-17,20H,6-14H2,1-5H3. The second-order valence-corrected chi connectivity index (χ2v) is 9.18. The lowest BCUT2D eigenvalue weighted by Crippen LogP contribution is -2.46. The molecule has 0 aromatic heterocycles. The SMILES string of the molecule is CC(C)CC1(CNC2CCC(C)(C)CC2C)CCCC1. The molecule has 0 heterocycles. The van der Waals surface area contributed by atoms with Crippen molar-refractivity contribution in [2.45, 2.75) is 92.0 Å². The van der Waals surface area contributed by atoms with E-state index in [2.05, 4.69) is 39.9 Å². The molecule has 1 nitrogen and oxygen atoms in total. The van der Waals surface area contributed by atoms with Crippen molar-refractivity contribution in [2.75, 3.05) is 6.54 Å². The Bertz CT molecular complexity index is 299. The Hall–Kier alpha value is -0.0400. The summed E-state index contributed by atoms with van der Waals surface area (Å²) >= 11 is 0. The van der Waals surface area contributed by atoms with Gasteiger partial charge >= 0.3 is 0 Å². The molecule has 2 aliphatic rings. The molecular weight excluding hydrogens is 242 g/mol. The summed E-state index contributed by atoms with van der Waals surface area (Å²) in [4.78, 5) is 0. The van der Waals surface area contributed by atoms with E-state index in [-0.39, 0.29) is 0 Å². The molecule has 0 amide bonds. The lowest BCUT2D eigenvalue weighted by Gasteiger charge is -2.41. The van der Waals surface area contributed by atoms with Crippen LogP contribution in [0.1, 0.15) is 86.0 Å². The van der Waals surface area contributed by atoms with Gasteiger partial charge in [-0.15, -0.1) is 0 Å². The van der Waals surface area contributed by atoms with Gasteiger partial charge in [0.1, 0.15) is 0 Å². The quantitative estimate of drug-likeness (QED) is 0.710. The Morgan fingerprint density at radius 2 is 1.75 bits per heavy atom. The number of hydrogen-bond acceptors (Lipinski definition) is 1. The minimum absolute atomic E-state index is 0.570. The monoisotopic (exact) mass is 279 g/mol. The van der Waals surface area contributed by atoms with Crippen LogP contribution in [0.2, 0.25) is 0 Å². The zero-order valence-corrected chi connectivity index (χ0v) is 14.6. The fourth-order valence-corrected chi connectivity index (χ4v) is 5.04. The van der Waals surface area contributed by atoms with Crippen molar-refractivity contribution in [3.63, 3.8) is 0 Å². The largest absolute Gasteiger partial charge is 0.313 e. The summed E-state index contributed by atoms with van der Waals surface area (Å²) in [6, 6.07) is 0.771. The second kappa shape index (κ2) is 6.38. The third-order valence-corrected chi connectivity index (χ3v) is 5.94. The first-order valence-corrected chi connectivity index (χ1v) is 9.05. The van der Waals surface area contributed by atoms with Crippen LogP contribution in [0.15, 0.2) is 0 Å². The van der Waals surface area contributed by atoms with E-state index in [9.17, 15) is 0 Å². The van der Waals surface area contributed by atoms with Gasteiger partial charge in [-0.2, -0.15) is 0 Å². The van der Waals surface area contributed by atoms with E-state index >= 15 is 0 Å². The van der Waals surface area contributed by atoms with Gasteiger partial charge < -0.3 is 5.32 Å². The van der Waals surface area contributed by atoms with Crippen molar-refractivity contribution in [2.24, 2.45) is 22.7 Å².